The topological polar surface area (TPSA) is 66.8 Å². The van der Waals surface area contributed by atoms with Gasteiger partial charge in [0.2, 0.25) is 5.91 Å². The molecule has 0 radical (unpaired) electrons. The lowest BCUT2D eigenvalue weighted by atomic mass is 10.1. The number of carbonyl (C=O) groups is 2. The van der Waals surface area contributed by atoms with Crippen LogP contribution in [0.3, 0.4) is 0 Å². The fourth-order valence-electron chi connectivity index (χ4n) is 1.90. The lowest BCUT2D eigenvalue weighted by molar-refractivity contribution is -0.142. The van der Waals surface area contributed by atoms with Crippen LogP contribution in [0.1, 0.15) is 18.9 Å². The molecule has 6 heteroatoms. The Kier molecular flexibility index (Phi) is 6.14. The zero-order valence-corrected chi connectivity index (χ0v) is 12.4. The zero-order valence-electron chi connectivity index (χ0n) is 12.4. The molecule has 1 rings (SSSR count). The highest BCUT2D eigenvalue weighted by Crippen LogP contribution is 2.18. The summed E-state index contributed by atoms with van der Waals surface area (Å²) < 4.78 is 18.3. The Bertz CT molecular complexity index is 518. The molecule has 0 bridgehead atoms. The van der Waals surface area contributed by atoms with E-state index in [4.69, 9.17) is 9.84 Å². The second-order valence-electron chi connectivity index (χ2n) is 4.98. The highest BCUT2D eigenvalue weighted by atomic mass is 19.1. The molecule has 1 N–H and O–H groups in total. The Labute approximate surface area is 123 Å². The number of carboxylic acid groups (broad SMARTS) is 1. The minimum atomic E-state index is -0.938. The van der Waals surface area contributed by atoms with Gasteiger partial charge in [-0.25, -0.2) is 4.39 Å². The van der Waals surface area contributed by atoms with Gasteiger partial charge in [-0.2, -0.15) is 0 Å². The molecule has 5 nitrogen and oxygen atoms in total. The number of hydrogen-bond donors (Lipinski definition) is 1. The third-order valence-corrected chi connectivity index (χ3v) is 3.24. The van der Waals surface area contributed by atoms with Crippen LogP contribution in [0.4, 0.5) is 4.39 Å². The number of rotatable bonds is 7. The van der Waals surface area contributed by atoms with Gasteiger partial charge in [0.25, 0.3) is 0 Å². The Morgan fingerprint density at radius 1 is 1.43 bits per heavy atom. The number of hydrogen-bond acceptors (Lipinski definition) is 3. The van der Waals surface area contributed by atoms with Crippen LogP contribution >= 0.6 is 0 Å². The predicted octanol–water partition coefficient (Wildman–Crippen LogP) is 1.95. The summed E-state index contributed by atoms with van der Waals surface area (Å²) in [6.45, 7) is 1.70. The maximum atomic E-state index is 13.5. The molecule has 0 aliphatic carbocycles. The van der Waals surface area contributed by atoms with Gasteiger partial charge in [-0.15, -0.1) is 0 Å². The quantitative estimate of drug-likeness (QED) is 0.835. The average molecular weight is 297 g/mol. The minimum absolute atomic E-state index is 0.158. The van der Waals surface area contributed by atoms with E-state index in [0.29, 0.717) is 12.0 Å². The van der Waals surface area contributed by atoms with Crippen LogP contribution in [0.15, 0.2) is 18.2 Å². The summed E-state index contributed by atoms with van der Waals surface area (Å²) in [4.78, 5) is 24.0. The molecule has 1 aromatic rings. The summed E-state index contributed by atoms with van der Waals surface area (Å²) >= 11 is 0. The molecule has 0 saturated carbocycles. The smallest absolute Gasteiger partial charge is 0.308 e. The Hall–Kier alpha value is -2.11. The molecule has 0 aliphatic rings. The van der Waals surface area contributed by atoms with E-state index in [1.54, 1.807) is 20.0 Å². The molecular weight excluding hydrogens is 277 g/mol. The average Bonchev–Trinajstić information content (AvgIpc) is 2.44. The van der Waals surface area contributed by atoms with Gasteiger partial charge >= 0.3 is 5.97 Å². The SMILES string of the molecule is COc1ccc(CCC(=O)N(C)C[C@@H](C)C(=O)O)cc1F. The number of benzene rings is 1. The second kappa shape index (κ2) is 7.61. The number of halogens is 1. The van der Waals surface area contributed by atoms with Crippen molar-refractivity contribution in [3.63, 3.8) is 0 Å². The number of aryl methyl sites for hydroxylation is 1. The van der Waals surface area contributed by atoms with E-state index in [0.717, 1.165) is 0 Å². The third-order valence-electron chi connectivity index (χ3n) is 3.24. The van der Waals surface area contributed by atoms with Crippen molar-refractivity contribution in [2.24, 2.45) is 5.92 Å². The molecule has 0 aromatic heterocycles. The van der Waals surface area contributed by atoms with Gasteiger partial charge in [-0.3, -0.25) is 9.59 Å². The summed E-state index contributed by atoms with van der Waals surface area (Å²) in [6.07, 6.45) is 0.597. The molecular formula is C15H20FNO4. The first-order valence-corrected chi connectivity index (χ1v) is 6.64. The molecule has 21 heavy (non-hydrogen) atoms. The van der Waals surface area contributed by atoms with Crippen molar-refractivity contribution in [2.75, 3.05) is 20.7 Å². The summed E-state index contributed by atoms with van der Waals surface area (Å²) in [5.41, 5.74) is 0.696. The fraction of sp³-hybridized carbons (Fsp3) is 0.467. The maximum Gasteiger partial charge on any atom is 0.308 e. The van der Waals surface area contributed by atoms with Crippen molar-refractivity contribution in [3.8, 4) is 5.75 Å². The van der Waals surface area contributed by atoms with Crippen molar-refractivity contribution in [1.82, 2.24) is 4.90 Å². The van der Waals surface area contributed by atoms with Crippen LogP contribution in [0.2, 0.25) is 0 Å². The summed E-state index contributed by atoms with van der Waals surface area (Å²) in [6, 6.07) is 4.56. The number of carboxylic acids is 1. The van der Waals surface area contributed by atoms with Gasteiger partial charge in [-0.1, -0.05) is 13.0 Å². The first-order valence-electron chi connectivity index (χ1n) is 6.64. The lowest BCUT2D eigenvalue weighted by Crippen LogP contribution is -2.33. The lowest BCUT2D eigenvalue weighted by Gasteiger charge is -2.19. The molecule has 1 amide bonds. The molecule has 1 atom stereocenters. The Morgan fingerprint density at radius 3 is 2.62 bits per heavy atom. The second-order valence-corrected chi connectivity index (χ2v) is 4.98. The summed E-state index contributed by atoms with van der Waals surface area (Å²) in [5.74, 6) is -2.02. The first kappa shape index (κ1) is 16.9. The molecule has 0 heterocycles. The highest BCUT2D eigenvalue weighted by molar-refractivity contribution is 5.77. The van der Waals surface area contributed by atoms with E-state index >= 15 is 0 Å². The van der Waals surface area contributed by atoms with Gasteiger partial charge in [0.15, 0.2) is 11.6 Å². The minimum Gasteiger partial charge on any atom is -0.494 e. The molecule has 0 saturated heterocycles. The van der Waals surface area contributed by atoms with Crippen LogP contribution in [-0.4, -0.2) is 42.6 Å². The standard InChI is InChI=1S/C15H20FNO4/c1-10(15(19)20)9-17(2)14(18)7-5-11-4-6-13(21-3)12(16)8-11/h4,6,8,10H,5,7,9H2,1-3H3,(H,19,20)/t10-/m1/s1. The van der Waals surface area contributed by atoms with E-state index in [2.05, 4.69) is 0 Å². The molecule has 0 aliphatic heterocycles. The van der Waals surface area contributed by atoms with Gasteiger partial charge in [-0.05, 0) is 24.1 Å². The largest absolute Gasteiger partial charge is 0.494 e. The van der Waals surface area contributed by atoms with Crippen molar-refractivity contribution in [1.29, 1.82) is 0 Å². The van der Waals surface area contributed by atoms with E-state index < -0.39 is 17.7 Å². The highest BCUT2D eigenvalue weighted by Gasteiger charge is 2.17. The summed E-state index contributed by atoms with van der Waals surface area (Å²) in [5, 5.41) is 8.81. The maximum absolute atomic E-state index is 13.5. The van der Waals surface area contributed by atoms with Crippen LogP contribution in [0, 0.1) is 11.7 Å². The monoisotopic (exact) mass is 297 g/mol. The van der Waals surface area contributed by atoms with Gasteiger partial charge in [0, 0.05) is 20.0 Å². The van der Waals surface area contributed by atoms with Gasteiger partial charge in [0.05, 0.1) is 13.0 Å². The third kappa shape index (κ3) is 5.06. The first-order chi connectivity index (χ1) is 9.85. The number of ether oxygens (including phenoxy) is 1. The van der Waals surface area contributed by atoms with Crippen molar-refractivity contribution >= 4 is 11.9 Å². The fourth-order valence-corrected chi connectivity index (χ4v) is 1.90. The molecule has 0 spiro atoms. The van der Waals surface area contributed by atoms with Gasteiger partial charge in [0.1, 0.15) is 0 Å². The molecule has 116 valence electrons. The van der Waals surface area contributed by atoms with E-state index in [9.17, 15) is 14.0 Å². The van der Waals surface area contributed by atoms with Gasteiger partial charge < -0.3 is 14.7 Å². The van der Waals surface area contributed by atoms with Crippen molar-refractivity contribution in [2.45, 2.75) is 19.8 Å². The van der Waals surface area contributed by atoms with Crippen molar-refractivity contribution < 1.29 is 23.8 Å². The van der Waals surface area contributed by atoms with E-state index in [-0.39, 0.29) is 24.6 Å². The zero-order chi connectivity index (χ0) is 16.0. The molecule has 0 fully saturated rings. The van der Waals surface area contributed by atoms with Crippen LogP contribution in [-0.2, 0) is 16.0 Å². The number of nitrogens with zero attached hydrogens (tertiary/aromatic N) is 1. The summed E-state index contributed by atoms with van der Waals surface area (Å²) in [7, 11) is 2.95. The van der Waals surface area contributed by atoms with Crippen LogP contribution in [0.25, 0.3) is 0 Å². The molecule has 0 unspecified atom stereocenters. The number of carbonyl (C=O) groups excluding carboxylic acids is 1. The Balaban J connectivity index is 2.52. The van der Waals surface area contributed by atoms with Crippen LogP contribution in [0.5, 0.6) is 5.75 Å². The predicted molar refractivity (Wildman–Crippen MR) is 75.7 cm³/mol. The normalized spacial score (nSPS) is 11.8. The number of aliphatic carboxylic acids is 1. The van der Waals surface area contributed by atoms with Crippen LogP contribution < -0.4 is 4.74 Å². The van der Waals surface area contributed by atoms with E-state index in [1.165, 1.54) is 24.1 Å². The molecule has 1 aromatic carbocycles. The van der Waals surface area contributed by atoms with E-state index in [1.807, 2.05) is 0 Å². The number of amides is 1. The number of methoxy groups -OCH3 is 1. The Morgan fingerprint density at radius 2 is 2.10 bits per heavy atom. The van der Waals surface area contributed by atoms with Crippen molar-refractivity contribution in [3.05, 3.63) is 29.6 Å².